The molecule has 1 fully saturated rings. The molecule has 0 spiro atoms. The summed E-state index contributed by atoms with van der Waals surface area (Å²) >= 11 is 0. The fraction of sp³-hybridized carbons (Fsp3) is 1.00. The Morgan fingerprint density at radius 1 is 1.39 bits per heavy atom. The van der Waals surface area contributed by atoms with Crippen LogP contribution in [-0.2, 0) is 14.8 Å². The molecule has 0 atom stereocenters. The number of nitrogens with one attached hydrogen (secondary N) is 1. The highest BCUT2D eigenvalue weighted by atomic mass is 32.2. The van der Waals surface area contributed by atoms with Crippen LogP contribution < -0.4 is 5.32 Å². The Bertz CT molecular complexity index is 315. The lowest BCUT2D eigenvalue weighted by molar-refractivity contribution is 0.117. The molecular weight excluding hydrogens is 252 g/mol. The van der Waals surface area contributed by atoms with Gasteiger partial charge in [0.25, 0.3) is 0 Å². The van der Waals surface area contributed by atoms with Crippen molar-refractivity contribution in [1.82, 2.24) is 9.62 Å². The molecule has 1 aliphatic carbocycles. The lowest BCUT2D eigenvalue weighted by atomic mass is 10.5. The predicted molar refractivity (Wildman–Crippen MR) is 73.1 cm³/mol. The third-order valence-electron chi connectivity index (χ3n) is 3.08. The van der Waals surface area contributed by atoms with Crippen molar-refractivity contribution in [3.8, 4) is 0 Å². The molecule has 0 radical (unpaired) electrons. The first-order valence-electron chi connectivity index (χ1n) is 6.78. The molecule has 0 amide bonds. The Kier molecular flexibility index (Phi) is 7.14. The molecule has 108 valence electrons. The van der Waals surface area contributed by atoms with Crippen molar-refractivity contribution in [2.75, 3.05) is 45.6 Å². The van der Waals surface area contributed by atoms with Crippen LogP contribution >= 0.6 is 0 Å². The zero-order chi connectivity index (χ0) is 13.4. The number of nitrogens with zero attached hydrogens (tertiary/aromatic N) is 1. The molecule has 0 aliphatic heterocycles. The van der Waals surface area contributed by atoms with Gasteiger partial charge in [0.05, 0.1) is 12.4 Å². The van der Waals surface area contributed by atoms with Crippen molar-refractivity contribution in [2.24, 2.45) is 5.92 Å². The fourth-order valence-electron chi connectivity index (χ4n) is 1.58. The van der Waals surface area contributed by atoms with Gasteiger partial charge in [-0.25, -0.2) is 12.7 Å². The van der Waals surface area contributed by atoms with E-state index in [4.69, 9.17) is 4.74 Å². The Hall–Kier alpha value is -0.170. The molecule has 1 aliphatic rings. The van der Waals surface area contributed by atoms with Gasteiger partial charge in [0.2, 0.25) is 10.0 Å². The summed E-state index contributed by atoms with van der Waals surface area (Å²) < 4.78 is 30.6. The second-order valence-corrected chi connectivity index (χ2v) is 7.06. The van der Waals surface area contributed by atoms with E-state index >= 15 is 0 Å². The van der Waals surface area contributed by atoms with Gasteiger partial charge in [-0.3, -0.25) is 0 Å². The SMILES string of the molecule is CCNCCCS(=O)(=O)N(C)CCOCC1CC1. The highest BCUT2D eigenvalue weighted by molar-refractivity contribution is 7.89. The number of hydrogen-bond acceptors (Lipinski definition) is 4. The van der Waals surface area contributed by atoms with Gasteiger partial charge in [-0.2, -0.15) is 0 Å². The van der Waals surface area contributed by atoms with E-state index in [0.29, 0.717) is 19.6 Å². The Morgan fingerprint density at radius 3 is 2.72 bits per heavy atom. The first kappa shape index (κ1) is 15.9. The normalized spacial score (nSPS) is 16.4. The lowest BCUT2D eigenvalue weighted by Gasteiger charge is -2.17. The van der Waals surface area contributed by atoms with E-state index in [-0.39, 0.29) is 5.75 Å². The zero-order valence-corrected chi connectivity index (χ0v) is 12.3. The standard InChI is InChI=1S/C12H26N2O3S/c1-3-13-7-4-10-18(15,16)14(2)8-9-17-11-12-5-6-12/h12-13H,3-11H2,1-2H3. The van der Waals surface area contributed by atoms with Crippen LogP contribution in [0.5, 0.6) is 0 Å². The summed E-state index contributed by atoms with van der Waals surface area (Å²) in [4.78, 5) is 0. The molecule has 1 N–H and O–H groups in total. The van der Waals surface area contributed by atoms with Crippen LogP contribution in [0.3, 0.4) is 0 Å². The molecule has 0 heterocycles. The summed E-state index contributed by atoms with van der Waals surface area (Å²) in [5.74, 6) is 0.936. The van der Waals surface area contributed by atoms with E-state index in [1.54, 1.807) is 7.05 Å². The van der Waals surface area contributed by atoms with Crippen LogP contribution in [0.1, 0.15) is 26.2 Å². The lowest BCUT2D eigenvalue weighted by Crippen LogP contribution is -2.33. The molecule has 1 saturated carbocycles. The molecule has 1 rings (SSSR count). The maximum atomic E-state index is 11.9. The molecule has 18 heavy (non-hydrogen) atoms. The van der Waals surface area contributed by atoms with E-state index < -0.39 is 10.0 Å². The monoisotopic (exact) mass is 278 g/mol. The Morgan fingerprint density at radius 2 is 2.11 bits per heavy atom. The number of sulfonamides is 1. The van der Waals surface area contributed by atoms with Crippen LogP contribution in [0.2, 0.25) is 0 Å². The van der Waals surface area contributed by atoms with Crippen LogP contribution in [0, 0.1) is 5.92 Å². The first-order valence-corrected chi connectivity index (χ1v) is 8.39. The van der Waals surface area contributed by atoms with Crippen molar-refractivity contribution < 1.29 is 13.2 Å². The van der Waals surface area contributed by atoms with Crippen molar-refractivity contribution in [1.29, 1.82) is 0 Å². The minimum absolute atomic E-state index is 0.207. The van der Waals surface area contributed by atoms with Crippen LogP contribution in [0.25, 0.3) is 0 Å². The van der Waals surface area contributed by atoms with Gasteiger partial charge in [-0.1, -0.05) is 6.92 Å². The molecule has 0 unspecified atom stereocenters. The largest absolute Gasteiger partial charge is 0.380 e. The number of rotatable bonds is 11. The summed E-state index contributed by atoms with van der Waals surface area (Å²) in [7, 11) is -1.48. The zero-order valence-electron chi connectivity index (χ0n) is 11.5. The van der Waals surface area contributed by atoms with Crippen LogP contribution in [0.15, 0.2) is 0 Å². The second-order valence-electron chi connectivity index (χ2n) is 4.86. The summed E-state index contributed by atoms with van der Waals surface area (Å²) in [6.07, 6.45) is 3.18. The minimum Gasteiger partial charge on any atom is -0.380 e. The van der Waals surface area contributed by atoms with Gasteiger partial charge in [0.15, 0.2) is 0 Å². The van der Waals surface area contributed by atoms with Crippen molar-refractivity contribution in [3.63, 3.8) is 0 Å². The minimum atomic E-state index is -3.11. The Labute approximate surface area is 111 Å². The summed E-state index contributed by atoms with van der Waals surface area (Å²) in [6.45, 7) is 5.38. The maximum absolute atomic E-state index is 11.9. The van der Waals surface area contributed by atoms with E-state index in [0.717, 1.165) is 25.6 Å². The van der Waals surface area contributed by atoms with Gasteiger partial charge >= 0.3 is 0 Å². The van der Waals surface area contributed by atoms with Crippen LogP contribution in [0.4, 0.5) is 0 Å². The summed E-state index contributed by atoms with van der Waals surface area (Å²) in [5.41, 5.74) is 0. The molecule has 5 nitrogen and oxygen atoms in total. The average Bonchev–Trinajstić information content (AvgIpc) is 3.14. The molecule has 0 bridgehead atoms. The second kappa shape index (κ2) is 8.09. The molecule has 0 aromatic heterocycles. The van der Waals surface area contributed by atoms with E-state index in [9.17, 15) is 8.42 Å². The van der Waals surface area contributed by atoms with E-state index in [1.165, 1.54) is 17.1 Å². The van der Waals surface area contributed by atoms with Gasteiger partial charge < -0.3 is 10.1 Å². The number of ether oxygens (including phenoxy) is 1. The average molecular weight is 278 g/mol. The van der Waals surface area contributed by atoms with E-state index in [2.05, 4.69) is 5.32 Å². The van der Waals surface area contributed by atoms with E-state index in [1.807, 2.05) is 6.92 Å². The van der Waals surface area contributed by atoms with Gasteiger partial charge in [-0.05, 0) is 38.3 Å². The summed E-state index contributed by atoms with van der Waals surface area (Å²) in [5, 5.41) is 3.12. The Balaban J connectivity index is 2.10. The molecule has 0 aromatic carbocycles. The molecular formula is C12H26N2O3S. The topological polar surface area (TPSA) is 58.6 Å². The van der Waals surface area contributed by atoms with Gasteiger partial charge in [0, 0.05) is 20.2 Å². The highest BCUT2D eigenvalue weighted by Gasteiger charge is 2.21. The first-order chi connectivity index (χ1) is 8.56. The fourth-order valence-corrected chi connectivity index (χ4v) is 2.75. The predicted octanol–water partition coefficient (Wildman–Crippen LogP) is 0.674. The van der Waals surface area contributed by atoms with Gasteiger partial charge in [-0.15, -0.1) is 0 Å². The number of hydrogen-bond donors (Lipinski definition) is 1. The quantitative estimate of drug-likeness (QED) is 0.565. The van der Waals surface area contributed by atoms with Crippen molar-refractivity contribution in [2.45, 2.75) is 26.2 Å². The molecule has 0 saturated heterocycles. The van der Waals surface area contributed by atoms with Crippen molar-refractivity contribution >= 4 is 10.0 Å². The third-order valence-corrected chi connectivity index (χ3v) is 5.02. The third kappa shape index (κ3) is 6.68. The van der Waals surface area contributed by atoms with Gasteiger partial charge in [0.1, 0.15) is 0 Å². The number of likely N-dealkylation sites (N-methyl/N-ethyl adjacent to an activating group) is 1. The summed E-state index contributed by atoms with van der Waals surface area (Å²) in [6, 6.07) is 0. The van der Waals surface area contributed by atoms with Crippen molar-refractivity contribution in [3.05, 3.63) is 0 Å². The maximum Gasteiger partial charge on any atom is 0.213 e. The highest BCUT2D eigenvalue weighted by Crippen LogP contribution is 2.28. The molecule has 0 aromatic rings. The van der Waals surface area contributed by atoms with Crippen LogP contribution in [-0.4, -0.2) is 58.4 Å². The molecule has 6 heteroatoms. The smallest absolute Gasteiger partial charge is 0.213 e.